The first kappa shape index (κ1) is 12.2. The van der Waals surface area contributed by atoms with Crippen LogP contribution in [0.4, 0.5) is 5.82 Å². The summed E-state index contributed by atoms with van der Waals surface area (Å²) in [6.45, 7) is 5.90. The molecule has 0 aliphatic rings. The van der Waals surface area contributed by atoms with Crippen LogP contribution in [-0.4, -0.2) is 17.6 Å². The number of anilines is 1. The molecule has 0 atom stereocenters. The molecular weight excluding hydrogens is 204 g/mol. The third-order valence-corrected chi connectivity index (χ3v) is 1.95. The second-order valence-electron chi connectivity index (χ2n) is 3.37. The minimum Gasteiger partial charge on any atom is -0.463 e. The number of allylic oxidation sites excluding steroid dienone is 1. The summed E-state index contributed by atoms with van der Waals surface area (Å²) in [5, 5.41) is 3.05. The quantitative estimate of drug-likeness (QED) is 0.624. The lowest BCUT2D eigenvalue weighted by Crippen LogP contribution is -2.05. The Morgan fingerprint density at radius 1 is 1.62 bits per heavy atom. The molecule has 0 bridgehead atoms. The largest absolute Gasteiger partial charge is 0.463 e. The van der Waals surface area contributed by atoms with Gasteiger partial charge in [0, 0.05) is 18.0 Å². The first-order valence-electron chi connectivity index (χ1n) is 5.17. The van der Waals surface area contributed by atoms with Crippen LogP contribution in [0.2, 0.25) is 0 Å². The van der Waals surface area contributed by atoms with Crippen LogP contribution in [0.15, 0.2) is 30.1 Å². The maximum Gasteiger partial charge on any atom is 0.332 e. The highest BCUT2D eigenvalue weighted by Gasteiger charge is 2.01. The van der Waals surface area contributed by atoms with E-state index < -0.39 is 0 Å². The van der Waals surface area contributed by atoms with E-state index in [1.165, 1.54) is 6.08 Å². The number of pyridine rings is 1. The summed E-state index contributed by atoms with van der Waals surface area (Å²) in [4.78, 5) is 15.3. The second-order valence-corrected chi connectivity index (χ2v) is 3.37. The van der Waals surface area contributed by atoms with Crippen molar-refractivity contribution in [1.82, 2.24) is 4.98 Å². The zero-order valence-electron chi connectivity index (χ0n) is 9.78. The van der Waals surface area contributed by atoms with Crippen LogP contribution in [0.1, 0.15) is 19.4 Å². The maximum atomic E-state index is 11.2. The van der Waals surface area contributed by atoms with Gasteiger partial charge in [0.15, 0.2) is 0 Å². The van der Waals surface area contributed by atoms with Gasteiger partial charge in [-0.05, 0) is 32.4 Å². The summed E-state index contributed by atoms with van der Waals surface area (Å²) in [5.74, 6) is 0.404. The van der Waals surface area contributed by atoms with Crippen molar-refractivity contribution in [3.63, 3.8) is 0 Å². The van der Waals surface area contributed by atoms with Gasteiger partial charge in [-0.15, -0.1) is 0 Å². The molecule has 16 heavy (non-hydrogen) atoms. The van der Waals surface area contributed by atoms with Crippen molar-refractivity contribution >= 4 is 11.8 Å². The molecule has 0 spiro atoms. The number of hydrogen-bond donors (Lipinski definition) is 1. The molecule has 86 valence electrons. The molecule has 0 aromatic carbocycles. The highest BCUT2D eigenvalue weighted by Crippen LogP contribution is 2.11. The lowest BCUT2D eigenvalue weighted by atomic mass is 10.3. The minimum absolute atomic E-state index is 0.346. The Bertz CT molecular complexity index is 400. The zero-order valence-corrected chi connectivity index (χ0v) is 9.78. The van der Waals surface area contributed by atoms with E-state index in [0.717, 1.165) is 11.4 Å². The second kappa shape index (κ2) is 5.90. The van der Waals surface area contributed by atoms with Gasteiger partial charge in [-0.3, -0.25) is 0 Å². The molecule has 0 saturated heterocycles. The van der Waals surface area contributed by atoms with Gasteiger partial charge in [0.1, 0.15) is 5.82 Å². The van der Waals surface area contributed by atoms with Crippen LogP contribution in [-0.2, 0) is 9.53 Å². The van der Waals surface area contributed by atoms with Crippen LogP contribution >= 0.6 is 0 Å². The zero-order chi connectivity index (χ0) is 12.0. The van der Waals surface area contributed by atoms with Gasteiger partial charge in [-0.2, -0.15) is 0 Å². The van der Waals surface area contributed by atoms with E-state index in [1.807, 2.05) is 19.1 Å². The predicted molar refractivity (Wildman–Crippen MR) is 63.0 cm³/mol. The lowest BCUT2D eigenvalue weighted by molar-refractivity contribution is -0.137. The maximum absolute atomic E-state index is 11.2. The number of esters is 1. The predicted octanol–water partition coefficient (Wildman–Crippen LogP) is 2.27. The number of carbonyl (C=O) groups excluding carboxylic acids is 1. The fourth-order valence-corrected chi connectivity index (χ4v) is 1.20. The number of rotatable bonds is 4. The summed E-state index contributed by atoms with van der Waals surface area (Å²) in [5.41, 5.74) is 1.74. The smallest absolute Gasteiger partial charge is 0.332 e. The molecule has 0 unspecified atom stereocenters. The van der Waals surface area contributed by atoms with E-state index in [0.29, 0.717) is 12.3 Å². The molecule has 1 rings (SSSR count). The Hall–Kier alpha value is -1.84. The van der Waals surface area contributed by atoms with Gasteiger partial charge < -0.3 is 10.1 Å². The first-order valence-corrected chi connectivity index (χ1v) is 5.17. The third kappa shape index (κ3) is 3.73. The van der Waals surface area contributed by atoms with Crippen molar-refractivity contribution in [3.8, 4) is 0 Å². The fraction of sp³-hybridized carbons (Fsp3) is 0.333. The minimum atomic E-state index is -0.346. The number of aryl methyl sites for hydroxylation is 1. The van der Waals surface area contributed by atoms with E-state index in [4.69, 9.17) is 4.74 Å². The Morgan fingerprint density at radius 3 is 3.00 bits per heavy atom. The Balaban J connectivity index is 2.67. The van der Waals surface area contributed by atoms with Gasteiger partial charge >= 0.3 is 5.97 Å². The summed E-state index contributed by atoms with van der Waals surface area (Å²) in [6, 6.07) is 3.82. The van der Waals surface area contributed by atoms with Crippen molar-refractivity contribution in [1.29, 1.82) is 0 Å². The van der Waals surface area contributed by atoms with E-state index >= 15 is 0 Å². The van der Waals surface area contributed by atoms with Gasteiger partial charge in [0.2, 0.25) is 0 Å². The van der Waals surface area contributed by atoms with Crippen molar-refractivity contribution < 1.29 is 9.53 Å². The van der Waals surface area contributed by atoms with Crippen LogP contribution in [0.5, 0.6) is 0 Å². The van der Waals surface area contributed by atoms with Crippen LogP contribution in [0.3, 0.4) is 0 Å². The van der Waals surface area contributed by atoms with Crippen LogP contribution in [0.25, 0.3) is 0 Å². The Morgan fingerprint density at radius 2 is 2.38 bits per heavy atom. The highest BCUT2D eigenvalue weighted by molar-refractivity contribution is 5.83. The number of ether oxygens (including phenoxy) is 1. The number of nitrogens with one attached hydrogen (secondary N) is 1. The SMILES string of the molecule is CCOC(=O)C=C(C)Nc1ncccc1C. The molecule has 4 heteroatoms. The van der Waals surface area contributed by atoms with Crippen molar-refractivity contribution in [2.24, 2.45) is 0 Å². The molecule has 4 nitrogen and oxygen atoms in total. The molecule has 0 aliphatic carbocycles. The summed E-state index contributed by atoms with van der Waals surface area (Å²) < 4.78 is 4.80. The molecule has 1 aromatic heterocycles. The van der Waals surface area contributed by atoms with Crippen LogP contribution < -0.4 is 5.32 Å². The highest BCUT2D eigenvalue weighted by atomic mass is 16.5. The summed E-state index contributed by atoms with van der Waals surface area (Å²) in [7, 11) is 0. The van der Waals surface area contributed by atoms with Gasteiger partial charge in [-0.25, -0.2) is 9.78 Å². The fourth-order valence-electron chi connectivity index (χ4n) is 1.20. The van der Waals surface area contributed by atoms with E-state index in [-0.39, 0.29) is 5.97 Å². The molecule has 0 amide bonds. The summed E-state index contributed by atoms with van der Waals surface area (Å²) >= 11 is 0. The third-order valence-electron chi connectivity index (χ3n) is 1.95. The standard InChI is InChI=1S/C12H16N2O2/c1-4-16-11(15)8-10(3)14-12-9(2)6-5-7-13-12/h5-8H,4H2,1-3H3,(H,13,14). The van der Waals surface area contributed by atoms with E-state index in [2.05, 4.69) is 10.3 Å². The average molecular weight is 220 g/mol. The van der Waals surface area contributed by atoms with Gasteiger partial charge in [0.05, 0.1) is 6.61 Å². The number of aromatic nitrogens is 1. The molecule has 0 radical (unpaired) electrons. The monoisotopic (exact) mass is 220 g/mol. The Labute approximate surface area is 95.3 Å². The van der Waals surface area contributed by atoms with Gasteiger partial charge in [-0.1, -0.05) is 6.07 Å². The van der Waals surface area contributed by atoms with E-state index in [1.54, 1.807) is 20.0 Å². The number of nitrogens with zero attached hydrogens (tertiary/aromatic N) is 1. The Kier molecular flexibility index (Phi) is 4.51. The normalized spacial score (nSPS) is 11.1. The van der Waals surface area contributed by atoms with Crippen molar-refractivity contribution in [2.45, 2.75) is 20.8 Å². The molecule has 1 N–H and O–H groups in total. The van der Waals surface area contributed by atoms with Crippen LogP contribution in [0, 0.1) is 6.92 Å². The van der Waals surface area contributed by atoms with Crippen molar-refractivity contribution in [3.05, 3.63) is 35.7 Å². The molecule has 0 fully saturated rings. The van der Waals surface area contributed by atoms with Gasteiger partial charge in [0.25, 0.3) is 0 Å². The molecular formula is C12H16N2O2. The molecule has 0 aliphatic heterocycles. The number of carbonyl (C=O) groups is 1. The summed E-state index contributed by atoms with van der Waals surface area (Å²) in [6.07, 6.45) is 3.12. The topological polar surface area (TPSA) is 51.2 Å². The molecule has 1 heterocycles. The first-order chi connectivity index (χ1) is 7.63. The van der Waals surface area contributed by atoms with Crippen molar-refractivity contribution in [2.75, 3.05) is 11.9 Å². The average Bonchev–Trinajstić information content (AvgIpc) is 2.21. The molecule has 0 saturated carbocycles. The lowest BCUT2D eigenvalue weighted by Gasteiger charge is -2.07. The molecule has 1 aromatic rings. The number of hydrogen-bond acceptors (Lipinski definition) is 4. The van der Waals surface area contributed by atoms with E-state index in [9.17, 15) is 4.79 Å².